The number of allylic oxidation sites excluding steroid dienone is 4. The molecule has 1 N–H and O–H groups in total. The number of carbonyl (C=O) groups excluding carboxylic acids is 2. The molecule has 58 heavy (non-hydrogen) atoms. The standard InChI is InChI=1S/C24H43IO2.C24H44O2.CH3I.I3/c1-21-22(17-18-24(2,3)23(21)26)27-20-16-14-12-10-8-6-4-5-7-9-11-13-15-19-25;1-21-22(24(2,3)19-18-23(21)26)17-15-13-11-9-7-5-4-6-8-10-12-14-16-20-25;1-2;1-3-2/h4-20H2,1-3H3;25H,4-20H2,1-3H3;1H3;/q;;;-1. The summed E-state index contributed by atoms with van der Waals surface area (Å²) in [6.45, 7) is 13.8. The number of alkyl halides is 2. The van der Waals surface area contributed by atoms with Crippen LogP contribution in [-0.4, -0.2) is 39.2 Å². The van der Waals surface area contributed by atoms with E-state index in [1.807, 2.05) is 32.6 Å². The molecule has 0 atom stereocenters. The molecule has 2 aliphatic carbocycles. The van der Waals surface area contributed by atoms with E-state index in [0.29, 0.717) is 25.6 Å². The van der Waals surface area contributed by atoms with Crippen LogP contribution in [0.15, 0.2) is 22.5 Å². The van der Waals surface area contributed by atoms with Gasteiger partial charge in [0.2, 0.25) is 0 Å². The van der Waals surface area contributed by atoms with Crippen LogP contribution in [-0.2, 0) is 14.3 Å². The van der Waals surface area contributed by atoms with Gasteiger partial charge in [-0.15, -0.1) is 0 Å². The van der Waals surface area contributed by atoms with E-state index in [1.165, 1.54) is 164 Å². The molecule has 0 saturated heterocycles. The van der Waals surface area contributed by atoms with Crippen LogP contribution in [0.1, 0.15) is 241 Å². The molecule has 0 aromatic rings. The first kappa shape index (κ1) is 62.3. The Kier molecular flexibility index (Phi) is 46.4. The first-order valence-corrected chi connectivity index (χ1v) is 39.7. The summed E-state index contributed by atoms with van der Waals surface area (Å²) in [6, 6.07) is 0. The van der Waals surface area contributed by atoms with Crippen molar-refractivity contribution in [1.82, 2.24) is 0 Å². The molecular formula is C49H90I5O4-. The van der Waals surface area contributed by atoms with Gasteiger partial charge in [0, 0.05) is 30.4 Å². The number of halogens is 5. The minimum atomic E-state index is -0.203. The number of hydrogen-bond acceptors (Lipinski definition) is 4. The number of ketones is 2. The Labute approximate surface area is 418 Å². The first-order valence-electron chi connectivity index (χ1n) is 23.4. The van der Waals surface area contributed by atoms with Crippen molar-refractivity contribution in [2.24, 2.45) is 10.8 Å². The van der Waals surface area contributed by atoms with E-state index >= 15 is 0 Å². The van der Waals surface area contributed by atoms with E-state index in [-0.39, 0.29) is 16.6 Å². The Morgan fingerprint density at radius 2 is 0.914 bits per heavy atom. The van der Waals surface area contributed by atoms with Crippen molar-refractivity contribution in [3.63, 3.8) is 0 Å². The van der Waals surface area contributed by atoms with Crippen LogP contribution in [0, 0.1) is 10.8 Å². The zero-order valence-corrected chi connectivity index (χ0v) is 49.4. The number of carbonyl (C=O) groups is 2. The van der Waals surface area contributed by atoms with Gasteiger partial charge >= 0.3 is 50.5 Å². The molecule has 0 amide bonds. The summed E-state index contributed by atoms with van der Waals surface area (Å²) in [5.74, 6) is 1.60. The van der Waals surface area contributed by atoms with E-state index in [0.717, 1.165) is 68.5 Å². The molecule has 0 heterocycles. The van der Waals surface area contributed by atoms with Gasteiger partial charge in [0.25, 0.3) is 0 Å². The van der Waals surface area contributed by atoms with Crippen LogP contribution in [0.5, 0.6) is 0 Å². The summed E-state index contributed by atoms with van der Waals surface area (Å²) in [5.41, 5.74) is 3.39. The third-order valence-electron chi connectivity index (χ3n) is 12.2. The second-order valence-corrected chi connectivity index (χ2v) is 35.3. The fourth-order valence-electron chi connectivity index (χ4n) is 8.20. The Hall–Kier alpha value is 2.23. The first-order chi connectivity index (χ1) is 27.9. The number of Topliss-reactive ketones (excluding diaryl/α,β-unsaturated/α-hetero) is 2. The van der Waals surface area contributed by atoms with Crippen molar-refractivity contribution in [3.8, 4) is 0 Å². The van der Waals surface area contributed by atoms with Crippen LogP contribution >= 0.6 is 82.4 Å². The number of aliphatic hydroxyl groups excluding tert-OH is 1. The number of rotatable bonds is 31. The van der Waals surface area contributed by atoms with Crippen molar-refractivity contribution >= 4 is 94.0 Å². The van der Waals surface area contributed by atoms with Crippen molar-refractivity contribution < 1.29 is 32.7 Å². The van der Waals surface area contributed by atoms with Gasteiger partial charge in [-0.25, -0.2) is 0 Å². The summed E-state index contributed by atoms with van der Waals surface area (Å²) in [7, 11) is 0. The fourth-order valence-corrected chi connectivity index (χ4v) is 8.74. The van der Waals surface area contributed by atoms with Gasteiger partial charge in [-0.3, -0.25) is 9.59 Å². The molecule has 346 valence electrons. The third kappa shape index (κ3) is 33.7. The molecule has 4 nitrogen and oxygen atoms in total. The summed E-state index contributed by atoms with van der Waals surface area (Å²) in [4.78, 5) is 26.2. The maximum atomic E-state index is 12.3. The third-order valence-corrected chi connectivity index (χ3v) is 12.9. The maximum absolute atomic E-state index is 12.3. The molecule has 0 spiro atoms. The molecule has 0 aromatic heterocycles. The topological polar surface area (TPSA) is 63.6 Å². The SMILES string of the molecule is CC1=C(CCCCCCCCCCCCCCCO)C(C)(C)CCC1=O.CC1=C(OCCCCCCCCCCCCCCCI)CCC(C)(C)C1=O.CI.I[I-]I. The van der Waals surface area contributed by atoms with E-state index < -0.39 is 0 Å². The Morgan fingerprint density at radius 3 is 1.33 bits per heavy atom. The molecule has 2 aliphatic rings. The molecule has 0 bridgehead atoms. The van der Waals surface area contributed by atoms with Gasteiger partial charge in [-0.2, -0.15) is 0 Å². The van der Waals surface area contributed by atoms with Crippen LogP contribution in [0.2, 0.25) is 0 Å². The zero-order valence-electron chi connectivity index (χ0n) is 38.6. The van der Waals surface area contributed by atoms with E-state index in [2.05, 4.69) is 96.3 Å². The molecule has 9 heteroatoms. The van der Waals surface area contributed by atoms with E-state index in [4.69, 9.17) is 9.84 Å². The van der Waals surface area contributed by atoms with Gasteiger partial charge in [0.15, 0.2) is 11.6 Å². The van der Waals surface area contributed by atoms with E-state index in [9.17, 15) is 9.59 Å². The molecule has 0 aliphatic heterocycles. The molecule has 0 aromatic carbocycles. The fraction of sp³-hybridized carbons (Fsp3) is 0.878. The second-order valence-electron chi connectivity index (χ2n) is 17.9. The Balaban J connectivity index is 0. The van der Waals surface area contributed by atoms with Crippen molar-refractivity contribution in [1.29, 1.82) is 0 Å². The van der Waals surface area contributed by atoms with Gasteiger partial charge in [-0.05, 0) is 79.1 Å². The van der Waals surface area contributed by atoms with Gasteiger partial charge < -0.3 is 9.84 Å². The normalized spacial score (nSPS) is 16.0. The predicted octanol–water partition coefficient (Wildman–Crippen LogP) is 15.1. The summed E-state index contributed by atoms with van der Waals surface area (Å²) < 4.78 is 7.24. The second kappa shape index (κ2) is 43.1. The summed E-state index contributed by atoms with van der Waals surface area (Å²) in [6.07, 6.45) is 39.6. The van der Waals surface area contributed by atoms with Crippen LogP contribution < -0.4 is 13.3 Å². The Morgan fingerprint density at radius 1 is 0.552 bits per heavy atom. The molecule has 0 saturated carbocycles. The van der Waals surface area contributed by atoms with Gasteiger partial charge in [0.05, 0.1) is 6.61 Å². The van der Waals surface area contributed by atoms with Crippen LogP contribution in [0.4, 0.5) is 0 Å². The van der Waals surface area contributed by atoms with Gasteiger partial charge in [-0.1, -0.05) is 220 Å². The quantitative estimate of drug-likeness (QED) is 0.0427. The van der Waals surface area contributed by atoms with Crippen LogP contribution in [0.25, 0.3) is 0 Å². The number of hydrogen-bond donors (Lipinski definition) is 1. The monoisotopic (exact) mass is 1380 g/mol. The predicted molar refractivity (Wildman–Crippen MR) is 286 cm³/mol. The van der Waals surface area contributed by atoms with Crippen molar-refractivity contribution in [2.45, 2.75) is 241 Å². The van der Waals surface area contributed by atoms with Crippen LogP contribution in [0.3, 0.4) is 0 Å². The van der Waals surface area contributed by atoms with E-state index in [1.54, 1.807) is 0 Å². The average molecular weight is 1380 g/mol. The average Bonchev–Trinajstić information content (AvgIpc) is 3.20. The molecule has 0 unspecified atom stereocenters. The Bertz CT molecular complexity index is 1060. The van der Waals surface area contributed by atoms with Gasteiger partial charge in [0.1, 0.15) is 5.76 Å². The summed E-state index contributed by atoms with van der Waals surface area (Å²) in [5, 5.41) is 8.74. The van der Waals surface area contributed by atoms with Crippen molar-refractivity contribution in [3.05, 3.63) is 22.5 Å². The molecule has 2 rings (SSSR count). The van der Waals surface area contributed by atoms with Crippen molar-refractivity contribution in [2.75, 3.05) is 22.6 Å². The minimum absolute atomic E-state index is 0.203. The molecular weight excluding hydrogens is 1290 g/mol. The number of unbranched alkanes of at least 4 members (excludes halogenated alkanes) is 24. The molecule has 0 fully saturated rings. The molecule has 0 radical (unpaired) electrons. The number of ether oxygens (including phenoxy) is 1. The summed E-state index contributed by atoms with van der Waals surface area (Å²) >= 11 is 9.93. The zero-order chi connectivity index (χ0) is 43.9. The number of aliphatic hydroxyl groups is 1.